The topological polar surface area (TPSA) is 61.4 Å². The van der Waals surface area contributed by atoms with Crippen molar-refractivity contribution in [1.29, 1.82) is 0 Å². The number of piperazine rings is 1. The van der Waals surface area contributed by atoms with Gasteiger partial charge in [-0.3, -0.25) is 4.79 Å². The van der Waals surface area contributed by atoms with Crippen molar-refractivity contribution in [3.8, 4) is 0 Å². The number of anilines is 2. The van der Waals surface area contributed by atoms with Crippen LogP contribution in [0.3, 0.4) is 0 Å². The summed E-state index contributed by atoms with van der Waals surface area (Å²) in [6.07, 6.45) is 2.17. The number of hydrogen-bond donors (Lipinski definition) is 1. The summed E-state index contributed by atoms with van der Waals surface area (Å²) < 4.78 is 0. The van der Waals surface area contributed by atoms with Gasteiger partial charge in [0.2, 0.25) is 5.95 Å². The molecule has 1 aliphatic rings. The molecule has 3 rings (SSSR count). The molecule has 0 spiro atoms. The Balaban J connectivity index is 1.63. The summed E-state index contributed by atoms with van der Waals surface area (Å²) in [5.41, 5.74) is 2.50. The Hall–Kier alpha value is -2.63. The molecule has 0 saturated carbocycles. The molecule has 1 fully saturated rings. The molecule has 1 aliphatic heterocycles. The number of carbonyl (C=O) groups is 1. The maximum absolute atomic E-state index is 12.9. The molecule has 138 valence electrons. The van der Waals surface area contributed by atoms with Crippen LogP contribution in [0, 0.1) is 6.92 Å². The highest BCUT2D eigenvalue weighted by molar-refractivity contribution is 5.92. The average Bonchev–Trinajstić information content (AvgIpc) is 2.68. The van der Waals surface area contributed by atoms with Crippen LogP contribution in [-0.2, 0) is 0 Å². The fourth-order valence-electron chi connectivity index (χ4n) is 3.10. The number of hydrogen-bond acceptors (Lipinski definition) is 5. The maximum Gasteiger partial charge on any atom is 0.272 e. The van der Waals surface area contributed by atoms with E-state index in [1.54, 1.807) is 6.07 Å². The van der Waals surface area contributed by atoms with Crippen LogP contribution >= 0.6 is 0 Å². The van der Waals surface area contributed by atoms with Crippen molar-refractivity contribution in [3.63, 3.8) is 0 Å². The molecule has 1 N–H and O–H groups in total. The molecule has 1 aromatic heterocycles. The summed E-state index contributed by atoms with van der Waals surface area (Å²) in [5.74, 6) is 0.534. The highest BCUT2D eigenvalue weighted by Crippen LogP contribution is 2.17. The first-order valence-corrected chi connectivity index (χ1v) is 9.36. The first-order valence-electron chi connectivity index (χ1n) is 9.36. The molecule has 0 atom stereocenters. The minimum atomic E-state index is -0.0123. The number of benzene rings is 1. The number of nitrogens with one attached hydrogen (secondary N) is 1. The second kappa shape index (κ2) is 8.65. The zero-order valence-electron chi connectivity index (χ0n) is 15.6. The van der Waals surface area contributed by atoms with Crippen LogP contribution in [0.5, 0.6) is 0 Å². The van der Waals surface area contributed by atoms with E-state index in [0.29, 0.717) is 24.7 Å². The van der Waals surface area contributed by atoms with Crippen molar-refractivity contribution in [1.82, 2.24) is 14.9 Å². The van der Waals surface area contributed by atoms with Gasteiger partial charge in [0.15, 0.2) is 0 Å². The Morgan fingerprint density at radius 1 is 1.12 bits per heavy atom. The van der Waals surface area contributed by atoms with Crippen molar-refractivity contribution in [3.05, 3.63) is 47.8 Å². The highest BCUT2D eigenvalue weighted by Gasteiger charge is 2.23. The molecular weight excluding hydrogens is 326 g/mol. The van der Waals surface area contributed by atoms with E-state index in [-0.39, 0.29) is 5.91 Å². The van der Waals surface area contributed by atoms with Crippen molar-refractivity contribution in [2.24, 2.45) is 0 Å². The molecular formula is C20H27N5O. The Labute approximate surface area is 155 Å². The molecule has 6 nitrogen and oxygen atoms in total. The molecule has 0 radical (unpaired) electrons. The minimum Gasteiger partial charge on any atom is -0.368 e. The summed E-state index contributed by atoms with van der Waals surface area (Å²) in [4.78, 5) is 25.9. The summed E-state index contributed by atoms with van der Waals surface area (Å²) in [7, 11) is 0. The van der Waals surface area contributed by atoms with Gasteiger partial charge < -0.3 is 15.1 Å². The number of amides is 1. The van der Waals surface area contributed by atoms with Gasteiger partial charge in [-0.1, -0.05) is 31.5 Å². The van der Waals surface area contributed by atoms with Crippen LogP contribution in [0.2, 0.25) is 0 Å². The quantitative estimate of drug-likeness (QED) is 0.809. The molecule has 0 unspecified atom stereocenters. The van der Waals surface area contributed by atoms with Gasteiger partial charge in [0.25, 0.3) is 5.91 Å². The van der Waals surface area contributed by atoms with Crippen LogP contribution in [0.4, 0.5) is 11.6 Å². The van der Waals surface area contributed by atoms with Gasteiger partial charge in [0.05, 0.1) is 0 Å². The normalized spacial score (nSPS) is 14.4. The number of carbonyl (C=O) groups excluding carboxylic acids is 1. The Kier molecular flexibility index (Phi) is 6.04. The van der Waals surface area contributed by atoms with Gasteiger partial charge in [0, 0.05) is 44.1 Å². The summed E-state index contributed by atoms with van der Waals surface area (Å²) in [5, 5.41) is 3.21. The summed E-state index contributed by atoms with van der Waals surface area (Å²) >= 11 is 0. The zero-order chi connectivity index (χ0) is 18.4. The fraction of sp³-hybridized carbons (Fsp3) is 0.450. The van der Waals surface area contributed by atoms with E-state index < -0.39 is 0 Å². The lowest BCUT2D eigenvalue weighted by atomic mass is 10.2. The summed E-state index contributed by atoms with van der Waals surface area (Å²) in [6.45, 7) is 7.94. The lowest BCUT2D eigenvalue weighted by Gasteiger charge is -2.36. The van der Waals surface area contributed by atoms with Crippen LogP contribution in [0.1, 0.15) is 35.9 Å². The van der Waals surface area contributed by atoms with Crippen LogP contribution < -0.4 is 10.2 Å². The molecule has 2 aromatic rings. The minimum absolute atomic E-state index is 0.0123. The van der Waals surface area contributed by atoms with Crippen LogP contribution in [0.15, 0.2) is 36.4 Å². The van der Waals surface area contributed by atoms with Gasteiger partial charge >= 0.3 is 0 Å². The first kappa shape index (κ1) is 18.2. The highest BCUT2D eigenvalue weighted by atomic mass is 16.2. The van der Waals surface area contributed by atoms with Gasteiger partial charge in [0.1, 0.15) is 5.69 Å². The zero-order valence-corrected chi connectivity index (χ0v) is 15.6. The van der Waals surface area contributed by atoms with E-state index in [4.69, 9.17) is 0 Å². The fourth-order valence-corrected chi connectivity index (χ4v) is 3.10. The van der Waals surface area contributed by atoms with Gasteiger partial charge in [-0.15, -0.1) is 0 Å². The van der Waals surface area contributed by atoms with Crippen molar-refractivity contribution in [2.45, 2.75) is 26.7 Å². The standard InChI is InChI=1S/C20H27N5O/c1-3-4-10-21-20-22-16(2)15-18(23-20)19(26)25-13-11-24(12-14-25)17-8-6-5-7-9-17/h5-9,15H,3-4,10-14H2,1-2H3,(H,21,22,23). The second-order valence-electron chi connectivity index (χ2n) is 6.61. The lowest BCUT2D eigenvalue weighted by molar-refractivity contribution is 0.0740. The molecule has 2 heterocycles. The van der Waals surface area contributed by atoms with Crippen molar-refractivity contribution in [2.75, 3.05) is 42.9 Å². The molecule has 1 aromatic carbocycles. The Morgan fingerprint density at radius 3 is 2.54 bits per heavy atom. The van der Waals surface area contributed by atoms with E-state index in [0.717, 1.165) is 38.2 Å². The van der Waals surface area contributed by atoms with Crippen molar-refractivity contribution < 1.29 is 4.79 Å². The van der Waals surface area contributed by atoms with E-state index in [1.165, 1.54) is 5.69 Å². The third-order valence-corrected chi connectivity index (χ3v) is 4.58. The largest absolute Gasteiger partial charge is 0.368 e. The number of para-hydroxylation sites is 1. The molecule has 6 heteroatoms. The first-order chi connectivity index (χ1) is 12.7. The second-order valence-corrected chi connectivity index (χ2v) is 6.61. The van der Waals surface area contributed by atoms with Crippen LogP contribution in [0.25, 0.3) is 0 Å². The SMILES string of the molecule is CCCCNc1nc(C)cc(C(=O)N2CCN(c3ccccc3)CC2)n1. The third-order valence-electron chi connectivity index (χ3n) is 4.58. The van der Waals surface area contributed by atoms with E-state index in [9.17, 15) is 4.79 Å². The monoisotopic (exact) mass is 353 g/mol. The predicted molar refractivity (Wildman–Crippen MR) is 105 cm³/mol. The van der Waals surface area contributed by atoms with Gasteiger partial charge in [-0.05, 0) is 31.5 Å². The lowest BCUT2D eigenvalue weighted by Crippen LogP contribution is -2.49. The third kappa shape index (κ3) is 4.50. The number of aromatic nitrogens is 2. The number of nitrogens with zero attached hydrogens (tertiary/aromatic N) is 4. The number of rotatable bonds is 6. The Bertz CT molecular complexity index is 726. The number of unbranched alkanes of at least 4 members (excludes halogenated alkanes) is 1. The molecule has 0 bridgehead atoms. The van der Waals surface area contributed by atoms with E-state index in [2.05, 4.69) is 39.2 Å². The maximum atomic E-state index is 12.9. The Morgan fingerprint density at radius 2 is 1.85 bits per heavy atom. The molecule has 1 amide bonds. The van der Waals surface area contributed by atoms with Gasteiger partial charge in [-0.2, -0.15) is 0 Å². The van der Waals surface area contributed by atoms with Gasteiger partial charge in [-0.25, -0.2) is 9.97 Å². The molecule has 26 heavy (non-hydrogen) atoms. The van der Waals surface area contributed by atoms with Crippen LogP contribution in [-0.4, -0.2) is 53.5 Å². The van der Waals surface area contributed by atoms with Crippen molar-refractivity contribution >= 4 is 17.5 Å². The molecule has 0 aliphatic carbocycles. The average molecular weight is 353 g/mol. The van der Waals surface area contributed by atoms with E-state index in [1.807, 2.05) is 30.0 Å². The molecule has 1 saturated heterocycles. The smallest absolute Gasteiger partial charge is 0.272 e. The van der Waals surface area contributed by atoms with E-state index >= 15 is 0 Å². The predicted octanol–water partition coefficient (Wildman–Crippen LogP) is 2.96. The number of aryl methyl sites for hydroxylation is 1. The summed E-state index contributed by atoms with van der Waals surface area (Å²) in [6, 6.07) is 12.1.